The van der Waals surface area contributed by atoms with Gasteiger partial charge in [-0.15, -0.1) is 0 Å². The quantitative estimate of drug-likeness (QED) is 0.0245. The Labute approximate surface area is 862 Å². The van der Waals surface area contributed by atoms with Crippen molar-refractivity contribution in [2.75, 3.05) is 0 Å². The number of halogens is 16. The Balaban J connectivity index is 0.000000163. The van der Waals surface area contributed by atoms with Crippen LogP contribution in [-0.2, 0) is 9.59 Å². The van der Waals surface area contributed by atoms with Crippen molar-refractivity contribution in [3.63, 3.8) is 0 Å². The van der Waals surface area contributed by atoms with Crippen LogP contribution >= 0.6 is 194 Å². The number of furan rings is 2. The van der Waals surface area contributed by atoms with Gasteiger partial charge in [0.1, 0.15) is 52.6 Å². The number of carbonyl (C=O) groups is 7. The number of nitrogens with two attached hydrogens (primary N) is 2. The zero-order valence-corrected chi connectivity index (χ0v) is 82.6. The number of aliphatic imine (C=N–C) groups is 2. The highest BCUT2D eigenvalue weighted by Crippen LogP contribution is 2.35. The predicted molar refractivity (Wildman–Crippen MR) is 536 cm³/mol. The first kappa shape index (κ1) is 105. The molecule has 0 bridgehead atoms. The number of benzene rings is 7. The molecule has 2 unspecified atom stereocenters. The molecule has 0 saturated heterocycles. The Morgan fingerprint density at radius 2 is 0.794 bits per heavy atom. The summed E-state index contributed by atoms with van der Waals surface area (Å²) in [4.78, 5) is 125. The van der Waals surface area contributed by atoms with Gasteiger partial charge in [0.25, 0.3) is 41.4 Å². The van der Waals surface area contributed by atoms with Crippen LogP contribution in [0.3, 0.4) is 0 Å². The summed E-state index contributed by atoms with van der Waals surface area (Å²) in [7, 11) is 0. The first-order chi connectivity index (χ1) is 65.1. The number of pyridine rings is 5. The number of amidine groups is 2. The molecule has 0 spiro atoms. The lowest BCUT2D eigenvalue weighted by Gasteiger charge is -2.19. The molecule has 0 aliphatic carbocycles. The third-order valence-corrected chi connectivity index (χ3v) is 23.5. The Bertz CT molecular complexity index is 6940. The number of rotatable bonds is 22. The fourth-order valence-corrected chi connectivity index (χ4v) is 14.6. The van der Waals surface area contributed by atoms with Gasteiger partial charge in [0.2, 0.25) is 0 Å². The van der Waals surface area contributed by atoms with E-state index in [1.807, 2.05) is 18.2 Å². The number of amides is 7. The van der Waals surface area contributed by atoms with Crippen LogP contribution in [0.25, 0.3) is 0 Å². The first-order valence-corrected chi connectivity index (χ1v) is 45.8. The molecule has 7 amide bonds. The Hall–Kier alpha value is -11.9. The van der Waals surface area contributed by atoms with Crippen molar-refractivity contribution in [1.29, 1.82) is 5.26 Å². The summed E-state index contributed by atoms with van der Waals surface area (Å²) < 4.78 is 11.5. The SMILES string of the molecule is N#Cc1ccc(C(=O)N[C@@H](c2ccc(Cl)c(Cl)c2)c2ccc(Cl)cn2)cn1.NC(=NC(=O)C(NC(=O)c1ccc(Br)o1)c1ccc(Cl)c(Cl)c1)c1ccccc1.NC(=NC(=O)C(NC(=O)c1cncc(Cl)n1)c1cccc(Cl)c1)c1ccccc1.O=C(N[C@@H](c1ccc(Cl)c(Cl)c1)c1ccc(Cl)cn1)c1cc(Br)co1.O=C(N[C@@H](c1ccc(Cl)c(Cl)c1)c1ccc(Cl)cn1)c1cncc(Cl)c1. The zero-order valence-electron chi connectivity index (χ0n) is 68.9. The molecular weight excluding hydrogens is 2170 g/mol. The van der Waals surface area contributed by atoms with E-state index in [1.54, 1.807) is 182 Å². The number of carbonyl (C=O) groups excluding carboxylic acids is 7. The number of hydrogen-bond donors (Lipinski definition) is 7. The van der Waals surface area contributed by atoms with E-state index >= 15 is 0 Å². The third kappa shape index (κ3) is 30.5. The van der Waals surface area contributed by atoms with E-state index in [-0.39, 0.29) is 56.6 Å². The molecule has 688 valence electrons. The smallest absolute Gasteiger partial charge is 0.287 e. The summed E-state index contributed by atoms with van der Waals surface area (Å²) >= 11 is 90.3. The Kier molecular flexibility index (Phi) is 39.0. The fourth-order valence-electron chi connectivity index (χ4n) is 11.9. The van der Waals surface area contributed by atoms with Crippen LogP contribution in [0.4, 0.5) is 0 Å². The molecule has 7 aromatic carbocycles. The van der Waals surface area contributed by atoms with E-state index in [0.717, 1.165) is 11.1 Å². The second-order valence-corrected chi connectivity index (χ2v) is 35.3. The van der Waals surface area contributed by atoms with Crippen LogP contribution in [-0.4, -0.2) is 87.9 Å². The molecule has 26 nitrogen and oxygen atoms in total. The average molecular weight is 2230 g/mol. The van der Waals surface area contributed by atoms with Gasteiger partial charge in [-0.3, -0.25) is 58.5 Å². The number of aromatic nitrogens is 7. The van der Waals surface area contributed by atoms with Crippen LogP contribution < -0.4 is 38.1 Å². The zero-order chi connectivity index (χ0) is 97.8. The van der Waals surface area contributed by atoms with Crippen LogP contribution in [0, 0.1) is 11.3 Å². The lowest BCUT2D eigenvalue weighted by Crippen LogP contribution is -2.34. The number of nitrogens with zero attached hydrogens (tertiary/aromatic N) is 10. The van der Waals surface area contributed by atoms with E-state index in [9.17, 15) is 33.6 Å². The molecule has 0 aliphatic rings. The summed E-state index contributed by atoms with van der Waals surface area (Å²) in [5.41, 5.74) is 18.7. The summed E-state index contributed by atoms with van der Waals surface area (Å²) in [5, 5.41) is 27.9. The maximum atomic E-state index is 12.9. The van der Waals surface area contributed by atoms with Gasteiger partial charge < -0.3 is 46.9 Å². The summed E-state index contributed by atoms with van der Waals surface area (Å²) in [6.07, 6.45) is 12.7. The third-order valence-electron chi connectivity index (χ3n) is 18.4. The first-order valence-electron chi connectivity index (χ1n) is 38.9. The van der Waals surface area contributed by atoms with Gasteiger partial charge in [-0.1, -0.05) is 259 Å². The largest absolute Gasteiger partial charge is 0.458 e. The van der Waals surface area contributed by atoms with Crippen LogP contribution in [0.2, 0.25) is 70.4 Å². The van der Waals surface area contributed by atoms with Gasteiger partial charge >= 0.3 is 0 Å². The second kappa shape index (κ2) is 50.8. The summed E-state index contributed by atoms with van der Waals surface area (Å²) in [6.45, 7) is 0. The average Bonchev–Trinajstić information content (AvgIpc) is 1.23. The standard InChI is InChI=1S/C20H14BrCl2N3O3.C20H15Cl2N5O2.C19H11Cl3N4O.C18H11Cl4N3O.C17H10BrCl3N2O2/c21-16-9-8-15(29-16)19(27)25-17(12-6-7-13(22)14(23)10-12)20(28)26-18(24)11-4-2-1-3-5-11;21-14-8-4-7-13(9-14)17(26-19(28)15-10-24-11-16(22)25-15)20(29)27-18(23)12-5-2-1-3-6-12;20-13-3-6-17(25-10-13)18(11-2-5-15(21)16(22)7-11)26-19(27)12-1-4-14(8-23)24-9-12;19-12-2-4-16(24-9-12)17(10-1-3-14(21)15(22)6-10)25-18(26)11-5-13(20)8-23-7-11;18-10-6-15(25-8-10)17(24)23-16(14-4-2-11(19)7-22-14)9-1-3-12(20)13(21)5-9/h1-10,17H,(H,25,27)(H2,24,26,28);1-11,17H,(H,26,28)(H2,23,27,29);1-7,9-10,18H,(H,26,27);1-9,17H,(H,25,26);1-8,16H,(H,23,24)/t;;18-;17-;16-/m..000/s1. The highest BCUT2D eigenvalue weighted by atomic mass is 79.9. The molecule has 0 radical (unpaired) electrons. The van der Waals surface area contributed by atoms with Crippen molar-refractivity contribution in [3.8, 4) is 6.07 Å². The van der Waals surface area contributed by atoms with Crippen molar-refractivity contribution in [2.24, 2.45) is 21.5 Å². The van der Waals surface area contributed by atoms with Crippen LogP contribution in [0.5, 0.6) is 0 Å². The normalized spacial score (nSPS) is 12.0. The Morgan fingerprint density at radius 3 is 1.20 bits per heavy atom. The van der Waals surface area contributed by atoms with Crippen LogP contribution in [0.1, 0.15) is 144 Å². The van der Waals surface area contributed by atoms with E-state index in [4.69, 9.17) is 188 Å². The van der Waals surface area contributed by atoms with E-state index in [1.165, 1.54) is 92.2 Å². The van der Waals surface area contributed by atoms with Gasteiger partial charge in [0.05, 0.1) is 123 Å². The minimum atomic E-state index is -1.15. The highest BCUT2D eigenvalue weighted by Gasteiger charge is 2.30. The van der Waals surface area contributed by atoms with E-state index in [2.05, 4.69) is 103 Å². The summed E-state index contributed by atoms with van der Waals surface area (Å²) in [6, 6.07) is 61.4. The number of nitrogens with one attached hydrogen (secondary N) is 5. The molecule has 15 rings (SSSR count). The Morgan fingerprint density at radius 1 is 0.353 bits per heavy atom. The van der Waals surface area contributed by atoms with Crippen molar-refractivity contribution in [1.82, 2.24) is 61.5 Å². The molecule has 0 aliphatic heterocycles. The maximum Gasteiger partial charge on any atom is 0.287 e. The highest BCUT2D eigenvalue weighted by molar-refractivity contribution is 9.10. The van der Waals surface area contributed by atoms with Crippen molar-refractivity contribution >= 4 is 247 Å². The molecule has 15 aromatic rings. The lowest BCUT2D eigenvalue weighted by atomic mass is 10.0. The van der Waals surface area contributed by atoms with E-state index < -0.39 is 59.7 Å². The lowest BCUT2D eigenvalue weighted by molar-refractivity contribution is -0.120. The van der Waals surface area contributed by atoms with Gasteiger partial charge in [-0.2, -0.15) is 15.2 Å². The monoisotopic (exact) mass is 2220 g/mol. The van der Waals surface area contributed by atoms with Gasteiger partial charge in [-0.25, -0.2) is 9.97 Å². The van der Waals surface area contributed by atoms with Crippen molar-refractivity contribution in [3.05, 3.63) is 456 Å². The van der Waals surface area contributed by atoms with E-state index in [0.29, 0.717) is 125 Å². The number of nitriles is 1. The minimum absolute atomic E-state index is 0.0229. The van der Waals surface area contributed by atoms with Crippen molar-refractivity contribution in [2.45, 2.75) is 30.2 Å². The molecule has 8 heterocycles. The molecule has 5 atom stereocenters. The molecule has 42 heteroatoms. The fraction of sp³-hybridized carbons (Fsp3) is 0.0532. The molecule has 136 heavy (non-hydrogen) atoms. The topological polar surface area (TPSA) is 397 Å². The molecule has 0 saturated carbocycles. The van der Waals surface area contributed by atoms with Crippen molar-refractivity contribution < 1.29 is 42.4 Å². The van der Waals surface area contributed by atoms with Gasteiger partial charge in [-0.05, 0) is 187 Å². The van der Waals surface area contributed by atoms with Gasteiger partial charge in [0, 0.05) is 59.4 Å². The maximum absolute atomic E-state index is 12.9. The molecule has 0 fully saturated rings. The van der Waals surface area contributed by atoms with Gasteiger partial charge in [0.15, 0.2) is 16.2 Å². The van der Waals surface area contributed by atoms with Crippen LogP contribution in [0.15, 0.2) is 314 Å². The summed E-state index contributed by atoms with van der Waals surface area (Å²) in [5.74, 6) is -3.47. The predicted octanol–water partition coefficient (Wildman–Crippen LogP) is 24.3. The molecule has 9 N–H and O–H groups in total. The second-order valence-electron chi connectivity index (χ2n) is 27.8. The number of hydrogen-bond acceptors (Lipinski definition) is 17. The molecular formula is C94H61Br2Cl14N17O9. The minimum Gasteiger partial charge on any atom is -0.458 e. The molecule has 8 aromatic heterocycles.